The summed E-state index contributed by atoms with van der Waals surface area (Å²) in [5.74, 6) is 1.69. The van der Waals surface area contributed by atoms with Gasteiger partial charge in [0.2, 0.25) is 0 Å². The Morgan fingerprint density at radius 2 is 2.20 bits per heavy atom. The minimum Gasteiger partial charge on any atom is -0.497 e. The summed E-state index contributed by atoms with van der Waals surface area (Å²) in [4.78, 5) is 4.37. The van der Waals surface area contributed by atoms with Gasteiger partial charge in [-0.2, -0.15) is 5.10 Å². The number of methoxy groups -OCH3 is 1. The van der Waals surface area contributed by atoms with Gasteiger partial charge in [0, 0.05) is 18.9 Å². The quantitative estimate of drug-likeness (QED) is 0.790. The topological polar surface area (TPSA) is 51.5 Å². The molecule has 0 saturated heterocycles. The van der Waals surface area contributed by atoms with Crippen LogP contribution in [0.3, 0.4) is 0 Å². The maximum Gasteiger partial charge on any atom is 0.152 e. The van der Waals surface area contributed by atoms with Gasteiger partial charge in [-0.25, -0.2) is 9.50 Å². The number of fused-ring (bicyclic) bond motifs is 1. The van der Waals surface area contributed by atoms with Crippen LogP contribution in [0.15, 0.2) is 42.7 Å². The van der Waals surface area contributed by atoms with Gasteiger partial charge >= 0.3 is 0 Å². The van der Waals surface area contributed by atoms with E-state index in [9.17, 15) is 0 Å². The van der Waals surface area contributed by atoms with E-state index in [2.05, 4.69) is 21.5 Å². The van der Waals surface area contributed by atoms with E-state index < -0.39 is 0 Å². The summed E-state index contributed by atoms with van der Waals surface area (Å²) < 4.78 is 7.05. The average Bonchev–Trinajstić information content (AvgIpc) is 2.86. The van der Waals surface area contributed by atoms with Crippen molar-refractivity contribution in [1.29, 1.82) is 0 Å². The summed E-state index contributed by atoms with van der Waals surface area (Å²) in [6.45, 7) is 2.66. The standard InChI is InChI=1S/C15H16N4O/c1-11-8-14-15(16-6-7-19(14)18-11)17-10-12-4-3-5-13(9-12)20-2/h3-9H,10H2,1-2H3,(H,16,17). The molecule has 0 atom stereocenters. The number of nitrogens with one attached hydrogen (secondary N) is 1. The Morgan fingerprint density at radius 1 is 1.30 bits per heavy atom. The molecule has 0 aliphatic carbocycles. The van der Waals surface area contributed by atoms with E-state index in [1.807, 2.05) is 41.9 Å². The molecule has 102 valence electrons. The summed E-state index contributed by atoms with van der Waals surface area (Å²) in [5.41, 5.74) is 3.10. The highest BCUT2D eigenvalue weighted by Crippen LogP contribution is 2.17. The predicted octanol–water partition coefficient (Wildman–Crippen LogP) is 2.66. The Labute approximate surface area is 117 Å². The first kappa shape index (κ1) is 12.5. The lowest BCUT2D eigenvalue weighted by Crippen LogP contribution is -2.03. The van der Waals surface area contributed by atoms with Crippen molar-refractivity contribution in [3.05, 3.63) is 54.0 Å². The molecule has 0 bridgehead atoms. The van der Waals surface area contributed by atoms with E-state index in [4.69, 9.17) is 4.74 Å². The van der Waals surface area contributed by atoms with Crippen molar-refractivity contribution in [3.63, 3.8) is 0 Å². The van der Waals surface area contributed by atoms with Crippen molar-refractivity contribution in [2.45, 2.75) is 13.5 Å². The highest BCUT2D eigenvalue weighted by atomic mass is 16.5. The average molecular weight is 268 g/mol. The van der Waals surface area contributed by atoms with E-state index >= 15 is 0 Å². The van der Waals surface area contributed by atoms with Crippen LogP contribution in [-0.4, -0.2) is 21.7 Å². The number of benzene rings is 1. The third-order valence-corrected chi connectivity index (χ3v) is 3.11. The Bertz CT molecular complexity index is 736. The van der Waals surface area contributed by atoms with Crippen LogP contribution >= 0.6 is 0 Å². The molecule has 5 nitrogen and oxygen atoms in total. The zero-order valence-electron chi connectivity index (χ0n) is 11.5. The van der Waals surface area contributed by atoms with E-state index in [0.29, 0.717) is 6.54 Å². The molecule has 3 aromatic rings. The zero-order valence-corrected chi connectivity index (χ0v) is 11.5. The molecule has 5 heteroatoms. The Hall–Kier alpha value is -2.56. The molecule has 20 heavy (non-hydrogen) atoms. The second-order valence-electron chi connectivity index (χ2n) is 4.60. The smallest absolute Gasteiger partial charge is 0.152 e. The second kappa shape index (κ2) is 5.21. The number of anilines is 1. The molecule has 0 amide bonds. The molecule has 3 rings (SSSR count). The maximum absolute atomic E-state index is 5.22. The Morgan fingerprint density at radius 3 is 3.05 bits per heavy atom. The van der Waals surface area contributed by atoms with Crippen molar-refractivity contribution in [2.75, 3.05) is 12.4 Å². The second-order valence-corrected chi connectivity index (χ2v) is 4.60. The van der Waals surface area contributed by atoms with Gasteiger partial charge in [-0.15, -0.1) is 0 Å². The molecule has 0 unspecified atom stereocenters. The van der Waals surface area contributed by atoms with Crippen molar-refractivity contribution in [3.8, 4) is 5.75 Å². The molecule has 1 N–H and O–H groups in total. The monoisotopic (exact) mass is 268 g/mol. The molecule has 0 saturated carbocycles. The molecule has 0 spiro atoms. The van der Waals surface area contributed by atoms with Gasteiger partial charge in [0.1, 0.15) is 11.3 Å². The maximum atomic E-state index is 5.22. The molecule has 0 fully saturated rings. The van der Waals surface area contributed by atoms with Gasteiger partial charge < -0.3 is 10.1 Å². The number of nitrogens with zero attached hydrogens (tertiary/aromatic N) is 3. The molecule has 2 heterocycles. The van der Waals surface area contributed by atoms with E-state index in [-0.39, 0.29) is 0 Å². The van der Waals surface area contributed by atoms with Crippen molar-refractivity contribution >= 4 is 11.3 Å². The van der Waals surface area contributed by atoms with Crippen LogP contribution in [0.2, 0.25) is 0 Å². The fourth-order valence-electron chi connectivity index (χ4n) is 2.15. The highest BCUT2D eigenvalue weighted by Gasteiger charge is 2.05. The first-order chi connectivity index (χ1) is 9.76. The minimum atomic E-state index is 0.689. The summed E-state index contributed by atoms with van der Waals surface area (Å²) in [7, 11) is 1.67. The predicted molar refractivity (Wildman–Crippen MR) is 78.0 cm³/mol. The summed E-state index contributed by atoms with van der Waals surface area (Å²) in [6, 6.07) is 9.99. The molecular weight excluding hydrogens is 252 g/mol. The van der Waals surface area contributed by atoms with Crippen molar-refractivity contribution in [2.24, 2.45) is 0 Å². The van der Waals surface area contributed by atoms with Crippen LogP contribution in [0.25, 0.3) is 5.52 Å². The van der Waals surface area contributed by atoms with Gasteiger partial charge in [0.05, 0.1) is 12.8 Å². The number of hydrogen-bond acceptors (Lipinski definition) is 4. The third-order valence-electron chi connectivity index (χ3n) is 3.11. The third kappa shape index (κ3) is 2.42. The molecule has 0 aliphatic heterocycles. The highest BCUT2D eigenvalue weighted by molar-refractivity contribution is 5.67. The van der Waals surface area contributed by atoms with Crippen LogP contribution in [0.4, 0.5) is 5.82 Å². The fraction of sp³-hybridized carbons (Fsp3) is 0.200. The lowest BCUT2D eigenvalue weighted by molar-refractivity contribution is 0.414. The van der Waals surface area contributed by atoms with Gasteiger partial charge in [-0.1, -0.05) is 12.1 Å². The van der Waals surface area contributed by atoms with Crippen LogP contribution in [0.1, 0.15) is 11.3 Å². The first-order valence-corrected chi connectivity index (χ1v) is 6.44. The Kier molecular flexibility index (Phi) is 3.25. The fourth-order valence-corrected chi connectivity index (χ4v) is 2.15. The molecule has 1 aromatic carbocycles. The number of aromatic nitrogens is 3. The molecule has 0 aliphatic rings. The van der Waals surface area contributed by atoms with E-state index in [1.165, 1.54) is 0 Å². The lowest BCUT2D eigenvalue weighted by atomic mass is 10.2. The SMILES string of the molecule is COc1cccc(CNc2nccn3nc(C)cc23)c1. The van der Waals surface area contributed by atoms with Gasteiger partial charge in [-0.3, -0.25) is 0 Å². The van der Waals surface area contributed by atoms with Crippen molar-refractivity contribution in [1.82, 2.24) is 14.6 Å². The summed E-state index contributed by atoms with van der Waals surface area (Å²) in [5, 5.41) is 7.71. The number of hydrogen-bond donors (Lipinski definition) is 1. The molecule has 0 radical (unpaired) electrons. The zero-order chi connectivity index (χ0) is 13.9. The summed E-state index contributed by atoms with van der Waals surface area (Å²) >= 11 is 0. The first-order valence-electron chi connectivity index (χ1n) is 6.44. The van der Waals surface area contributed by atoms with Gasteiger partial charge in [-0.05, 0) is 30.7 Å². The van der Waals surface area contributed by atoms with Crippen LogP contribution in [-0.2, 0) is 6.54 Å². The lowest BCUT2D eigenvalue weighted by Gasteiger charge is -2.08. The minimum absolute atomic E-state index is 0.689. The normalized spacial score (nSPS) is 10.7. The van der Waals surface area contributed by atoms with Crippen LogP contribution < -0.4 is 10.1 Å². The molecule has 2 aromatic heterocycles. The molecular formula is C15H16N4O. The van der Waals surface area contributed by atoms with E-state index in [0.717, 1.165) is 28.3 Å². The summed E-state index contributed by atoms with van der Waals surface area (Å²) in [6.07, 6.45) is 3.59. The van der Waals surface area contributed by atoms with Crippen LogP contribution in [0, 0.1) is 6.92 Å². The van der Waals surface area contributed by atoms with Crippen LogP contribution in [0.5, 0.6) is 5.75 Å². The van der Waals surface area contributed by atoms with Gasteiger partial charge in [0.15, 0.2) is 5.82 Å². The number of rotatable bonds is 4. The largest absolute Gasteiger partial charge is 0.497 e. The number of aryl methyl sites for hydroxylation is 1. The van der Waals surface area contributed by atoms with Gasteiger partial charge in [0.25, 0.3) is 0 Å². The Balaban J connectivity index is 1.82. The van der Waals surface area contributed by atoms with E-state index in [1.54, 1.807) is 13.3 Å². The van der Waals surface area contributed by atoms with Crippen molar-refractivity contribution < 1.29 is 4.74 Å². The number of ether oxygens (including phenoxy) is 1.